The first kappa shape index (κ1) is 22.9. The summed E-state index contributed by atoms with van der Waals surface area (Å²) < 4.78 is 6.78. The van der Waals surface area contributed by atoms with Gasteiger partial charge in [-0.25, -0.2) is 4.98 Å². The average Bonchev–Trinajstić information content (AvgIpc) is 2.65. The van der Waals surface area contributed by atoms with E-state index in [9.17, 15) is 14.7 Å². The van der Waals surface area contributed by atoms with Gasteiger partial charge in [0.1, 0.15) is 18.0 Å². The number of ether oxygens (including phenoxy) is 1. The van der Waals surface area contributed by atoms with E-state index in [1.54, 1.807) is 30.2 Å². The second kappa shape index (κ2) is 9.39. The molecule has 1 aromatic carbocycles. The quantitative estimate of drug-likeness (QED) is 0.732. The summed E-state index contributed by atoms with van der Waals surface area (Å²) in [5.74, 6) is 0.831. The van der Waals surface area contributed by atoms with Gasteiger partial charge in [-0.1, -0.05) is 34.6 Å². The van der Waals surface area contributed by atoms with Gasteiger partial charge in [-0.15, -0.1) is 0 Å². The number of rotatable bonds is 8. The number of nitrogens with zero attached hydrogens (tertiary/aromatic N) is 3. The van der Waals surface area contributed by atoms with Crippen molar-refractivity contribution in [3.8, 4) is 5.75 Å². The Bertz CT molecular complexity index is 913. The Morgan fingerprint density at radius 3 is 2.52 bits per heavy atom. The first-order valence-electron chi connectivity index (χ1n) is 10.1. The van der Waals surface area contributed by atoms with Crippen molar-refractivity contribution < 1.29 is 14.6 Å². The van der Waals surface area contributed by atoms with Crippen LogP contribution in [0.5, 0.6) is 5.75 Å². The predicted octanol–water partition coefficient (Wildman–Crippen LogP) is 2.57. The number of aromatic nitrogens is 2. The maximum Gasteiger partial charge on any atom is 0.273 e. The van der Waals surface area contributed by atoms with Crippen molar-refractivity contribution in [2.75, 3.05) is 26.8 Å². The molecule has 0 radical (unpaired) electrons. The Labute approximate surface area is 172 Å². The zero-order valence-corrected chi connectivity index (χ0v) is 18.4. The SMILES string of the molecule is COc1ccc2nc(C(C)(C)C)c(=O)n(CC(=O)N(CCO)CCC(C)C)c2c1. The van der Waals surface area contributed by atoms with Crippen molar-refractivity contribution in [3.05, 3.63) is 34.2 Å². The van der Waals surface area contributed by atoms with E-state index in [1.165, 1.54) is 4.57 Å². The number of hydrogen-bond donors (Lipinski definition) is 1. The Balaban J connectivity index is 2.54. The van der Waals surface area contributed by atoms with Crippen molar-refractivity contribution in [2.24, 2.45) is 5.92 Å². The smallest absolute Gasteiger partial charge is 0.273 e. The molecule has 1 amide bonds. The van der Waals surface area contributed by atoms with Crippen LogP contribution in [0.4, 0.5) is 0 Å². The van der Waals surface area contributed by atoms with Crippen LogP contribution in [0, 0.1) is 5.92 Å². The number of aliphatic hydroxyl groups excluding tert-OH is 1. The normalized spacial score (nSPS) is 11.9. The van der Waals surface area contributed by atoms with Gasteiger partial charge in [-0.2, -0.15) is 0 Å². The van der Waals surface area contributed by atoms with Crippen LogP contribution in [0.25, 0.3) is 11.0 Å². The second-order valence-electron chi connectivity index (χ2n) is 8.74. The Morgan fingerprint density at radius 1 is 1.28 bits per heavy atom. The highest BCUT2D eigenvalue weighted by Gasteiger charge is 2.24. The van der Waals surface area contributed by atoms with E-state index in [4.69, 9.17) is 4.74 Å². The number of benzene rings is 1. The van der Waals surface area contributed by atoms with E-state index in [-0.39, 0.29) is 31.2 Å². The predicted molar refractivity (Wildman–Crippen MR) is 114 cm³/mol. The third-order valence-electron chi connectivity index (χ3n) is 4.86. The molecule has 0 unspecified atom stereocenters. The van der Waals surface area contributed by atoms with Crippen LogP contribution in [0.15, 0.2) is 23.0 Å². The number of methoxy groups -OCH3 is 1. The molecular formula is C22H33N3O4. The van der Waals surface area contributed by atoms with Gasteiger partial charge in [-0.05, 0) is 24.5 Å². The molecule has 0 atom stereocenters. The van der Waals surface area contributed by atoms with Crippen molar-refractivity contribution >= 4 is 16.9 Å². The maximum atomic E-state index is 13.3. The number of aliphatic hydroxyl groups is 1. The molecule has 2 aromatic rings. The fraction of sp³-hybridized carbons (Fsp3) is 0.591. The molecule has 1 heterocycles. The lowest BCUT2D eigenvalue weighted by molar-refractivity contribution is -0.132. The first-order chi connectivity index (χ1) is 13.6. The third-order valence-corrected chi connectivity index (χ3v) is 4.86. The second-order valence-corrected chi connectivity index (χ2v) is 8.74. The number of hydrogen-bond acceptors (Lipinski definition) is 5. The molecular weight excluding hydrogens is 370 g/mol. The maximum absolute atomic E-state index is 13.3. The monoisotopic (exact) mass is 403 g/mol. The number of amides is 1. The van der Waals surface area contributed by atoms with E-state index < -0.39 is 5.41 Å². The summed E-state index contributed by atoms with van der Waals surface area (Å²) in [4.78, 5) is 32.5. The molecule has 0 bridgehead atoms. The molecule has 7 nitrogen and oxygen atoms in total. The lowest BCUT2D eigenvalue weighted by atomic mass is 9.92. The molecule has 1 N–H and O–H groups in total. The molecule has 0 aliphatic carbocycles. The van der Waals surface area contributed by atoms with Crippen LogP contribution in [0.3, 0.4) is 0 Å². The molecule has 0 aliphatic heterocycles. The summed E-state index contributed by atoms with van der Waals surface area (Å²) in [6, 6.07) is 5.32. The standard InChI is InChI=1S/C22H33N3O4/c1-15(2)9-10-24(11-12-26)19(27)14-25-18-13-16(29-6)7-8-17(18)23-20(21(25)28)22(3,4)5/h7-8,13,15,26H,9-12,14H2,1-6H3. The lowest BCUT2D eigenvalue weighted by Gasteiger charge is -2.25. The zero-order chi connectivity index (χ0) is 21.8. The summed E-state index contributed by atoms with van der Waals surface area (Å²) >= 11 is 0. The van der Waals surface area contributed by atoms with Gasteiger partial charge in [0.25, 0.3) is 5.56 Å². The molecule has 7 heteroatoms. The van der Waals surface area contributed by atoms with Gasteiger partial charge < -0.3 is 14.7 Å². The van der Waals surface area contributed by atoms with Crippen LogP contribution in [0.1, 0.15) is 46.7 Å². The van der Waals surface area contributed by atoms with Crippen molar-refractivity contribution in [3.63, 3.8) is 0 Å². The average molecular weight is 404 g/mol. The molecule has 160 valence electrons. The zero-order valence-electron chi connectivity index (χ0n) is 18.4. The minimum absolute atomic E-state index is 0.105. The molecule has 0 saturated carbocycles. The Morgan fingerprint density at radius 2 is 1.97 bits per heavy atom. The highest BCUT2D eigenvalue weighted by molar-refractivity contribution is 5.81. The van der Waals surface area contributed by atoms with Crippen LogP contribution < -0.4 is 10.3 Å². The Hall–Kier alpha value is -2.41. The minimum atomic E-state index is -0.460. The summed E-state index contributed by atoms with van der Waals surface area (Å²) in [5, 5.41) is 9.37. The lowest BCUT2D eigenvalue weighted by Crippen LogP contribution is -2.41. The molecule has 1 aromatic heterocycles. The minimum Gasteiger partial charge on any atom is -0.497 e. The van der Waals surface area contributed by atoms with Gasteiger partial charge in [-0.3, -0.25) is 14.2 Å². The summed E-state index contributed by atoms with van der Waals surface area (Å²) in [5.41, 5.74) is 0.874. The topological polar surface area (TPSA) is 84.7 Å². The van der Waals surface area contributed by atoms with Crippen LogP contribution >= 0.6 is 0 Å². The number of carbonyl (C=O) groups excluding carboxylic acids is 1. The van der Waals surface area contributed by atoms with Crippen molar-refractivity contribution in [1.82, 2.24) is 14.5 Å². The van der Waals surface area contributed by atoms with E-state index in [1.807, 2.05) is 20.8 Å². The van der Waals surface area contributed by atoms with E-state index in [0.29, 0.717) is 34.9 Å². The van der Waals surface area contributed by atoms with Gasteiger partial charge in [0.15, 0.2) is 0 Å². The van der Waals surface area contributed by atoms with E-state index in [0.717, 1.165) is 6.42 Å². The van der Waals surface area contributed by atoms with E-state index in [2.05, 4.69) is 18.8 Å². The van der Waals surface area contributed by atoms with Gasteiger partial charge >= 0.3 is 0 Å². The van der Waals surface area contributed by atoms with Crippen LogP contribution in [-0.2, 0) is 16.8 Å². The van der Waals surface area contributed by atoms with Crippen LogP contribution in [-0.4, -0.2) is 52.3 Å². The molecule has 29 heavy (non-hydrogen) atoms. The summed E-state index contributed by atoms with van der Waals surface area (Å²) in [7, 11) is 1.56. The number of carbonyl (C=O) groups is 1. The fourth-order valence-corrected chi connectivity index (χ4v) is 3.12. The molecule has 0 spiro atoms. The molecule has 0 saturated heterocycles. The van der Waals surface area contributed by atoms with E-state index >= 15 is 0 Å². The molecule has 0 aliphatic rings. The van der Waals surface area contributed by atoms with Crippen molar-refractivity contribution in [1.29, 1.82) is 0 Å². The highest BCUT2D eigenvalue weighted by atomic mass is 16.5. The molecule has 2 rings (SSSR count). The summed E-state index contributed by atoms with van der Waals surface area (Å²) in [6.07, 6.45) is 0.832. The van der Waals surface area contributed by atoms with Gasteiger partial charge in [0.2, 0.25) is 5.91 Å². The van der Waals surface area contributed by atoms with Crippen LogP contribution in [0.2, 0.25) is 0 Å². The van der Waals surface area contributed by atoms with Gasteiger partial charge in [0, 0.05) is 24.6 Å². The molecule has 0 fully saturated rings. The fourth-order valence-electron chi connectivity index (χ4n) is 3.12. The van der Waals surface area contributed by atoms with Crippen molar-refractivity contribution in [2.45, 2.75) is 53.0 Å². The van der Waals surface area contributed by atoms with Gasteiger partial charge in [0.05, 0.1) is 24.8 Å². The Kier molecular flexibility index (Phi) is 7.41. The highest BCUT2D eigenvalue weighted by Crippen LogP contribution is 2.23. The largest absolute Gasteiger partial charge is 0.497 e. The third kappa shape index (κ3) is 5.56. The first-order valence-corrected chi connectivity index (χ1v) is 10.1. The number of fused-ring (bicyclic) bond motifs is 1. The summed E-state index contributed by atoms with van der Waals surface area (Å²) in [6.45, 7) is 10.5.